The van der Waals surface area contributed by atoms with Gasteiger partial charge in [0.25, 0.3) is 11.7 Å². The van der Waals surface area contributed by atoms with E-state index < -0.39 is 17.7 Å². The molecule has 0 spiro atoms. The fourth-order valence-electron chi connectivity index (χ4n) is 4.66. The molecule has 0 saturated carbocycles. The standard InChI is InChI=1S/C24H26N4O4S/c1-15-5-3-7-27-19(16(2)25-23(15)27)21(29)18-20(17-6-4-14-33-17)28(24(31)22(18)30)9-8-26-10-12-32-13-11-26/h3-7,14,20,29H,8-13H2,1-2H3/t20-/m0/s1. The Morgan fingerprint density at radius 2 is 1.97 bits per heavy atom. The first-order valence-corrected chi connectivity index (χ1v) is 11.9. The lowest BCUT2D eigenvalue weighted by molar-refractivity contribution is -0.140. The summed E-state index contributed by atoms with van der Waals surface area (Å²) in [5, 5.41) is 13.4. The van der Waals surface area contributed by atoms with Gasteiger partial charge in [0.15, 0.2) is 5.76 Å². The Morgan fingerprint density at radius 3 is 2.70 bits per heavy atom. The largest absolute Gasteiger partial charge is 0.505 e. The van der Waals surface area contributed by atoms with E-state index in [9.17, 15) is 14.7 Å². The topological polar surface area (TPSA) is 87.4 Å². The number of thiophene rings is 1. The maximum atomic E-state index is 13.3. The van der Waals surface area contributed by atoms with Crippen LogP contribution in [-0.2, 0) is 14.3 Å². The normalized spacial score (nSPS) is 21.4. The zero-order valence-corrected chi connectivity index (χ0v) is 19.5. The van der Waals surface area contributed by atoms with Crippen LogP contribution in [0.4, 0.5) is 0 Å². The summed E-state index contributed by atoms with van der Waals surface area (Å²) < 4.78 is 7.20. The number of hydrogen-bond donors (Lipinski definition) is 1. The maximum absolute atomic E-state index is 13.3. The Morgan fingerprint density at radius 1 is 1.18 bits per heavy atom. The lowest BCUT2D eigenvalue weighted by Crippen LogP contribution is -2.42. The Hall–Kier alpha value is -3.01. The highest BCUT2D eigenvalue weighted by Crippen LogP contribution is 2.41. The third kappa shape index (κ3) is 3.76. The molecule has 2 fully saturated rings. The summed E-state index contributed by atoms with van der Waals surface area (Å²) in [7, 11) is 0. The van der Waals surface area contributed by atoms with Crippen LogP contribution < -0.4 is 0 Å². The molecule has 1 atom stereocenters. The van der Waals surface area contributed by atoms with E-state index in [0.29, 0.717) is 43.3 Å². The highest BCUT2D eigenvalue weighted by molar-refractivity contribution is 7.10. The van der Waals surface area contributed by atoms with Crippen molar-refractivity contribution in [3.05, 3.63) is 63.2 Å². The van der Waals surface area contributed by atoms with Crippen molar-refractivity contribution in [2.75, 3.05) is 39.4 Å². The number of nitrogens with zero attached hydrogens (tertiary/aromatic N) is 4. The zero-order valence-electron chi connectivity index (χ0n) is 18.7. The molecule has 5 rings (SSSR count). The molecule has 2 aliphatic heterocycles. The summed E-state index contributed by atoms with van der Waals surface area (Å²) in [5.74, 6) is -1.42. The number of carbonyl (C=O) groups excluding carboxylic acids is 2. The van der Waals surface area contributed by atoms with Gasteiger partial charge in [-0.15, -0.1) is 11.3 Å². The van der Waals surface area contributed by atoms with Crippen molar-refractivity contribution >= 4 is 34.4 Å². The molecule has 172 valence electrons. The number of imidazole rings is 1. The number of fused-ring (bicyclic) bond motifs is 1. The van der Waals surface area contributed by atoms with Crippen LogP contribution in [-0.4, -0.2) is 75.4 Å². The minimum absolute atomic E-state index is 0.121. The summed E-state index contributed by atoms with van der Waals surface area (Å²) in [6.45, 7) is 7.72. The van der Waals surface area contributed by atoms with E-state index in [1.54, 1.807) is 16.2 Å². The highest BCUT2D eigenvalue weighted by atomic mass is 32.1. The number of amides is 1. The van der Waals surface area contributed by atoms with Crippen molar-refractivity contribution in [2.45, 2.75) is 19.9 Å². The predicted molar refractivity (Wildman–Crippen MR) is 125 cm³/mol. The van der Waals surface area contributed by atoms with Crippen molar-refractivity contribution in [2.24, 2.45) is 0 Å². The number of ether oxygens (including phenoxy) is 1. The molecule has 0 radical (unpaired) electrons. The monoisotopic (exact) mass is 466 g/mol. The van der Waals surface area contributed by atoms with Crippen LogP contribution in [0, 0.1) is 13.8 Å². The molecule has 0 bridgehead atoms. The molecule has 2 saturated heterocycles. The van der Waals surface area contributed by atoms with E-state index in [4.69, 9.17) is 4.74 Å². The lowest BCUT2D eigenvalue weighted by atomic mass is 10.0. The van der Waals surface area contributed by atoms with Crippen LogP contribution in [0.5, 0.6) is 0 Å². The molecular formula is C24H26N4O4S. The van der Waals surface area contributed by atoms with Crippen LogP contribution in [0.3, 0.4) is 0 Å². The first-order chi connectivity index (χ1) is 16.0. The molecule has 0 unspecified atom stereocenters. The minimum atomic E-state index is -0.658. The third-order valence-electron chi connectivity index (χ3n) is 6.36. The van der Waals surface area contributed by atoms with E-state index in [1.165, 1.54) is 11.3 Å². The second kappa shape index (κ2) is 8.74. The molecule has 33 heavy (non-hydrogen) atoms. The van der Waals surface area contributed by atoms with Crippen LogP contribution in [0.25, 0.3) is 11.4 Å². The second-order valence-electron chi connectivity index (χ2n) is 8.39. The molecule has 2 aliphatic rings. The van der Waals surface area contributed by atoms with Gasteiger partial charge in [-0.1, -0.05) is 12.1 Å². The Bertz CT molecular complexity index is 1240. The van der Waals surface area contributed by atoms with E-state index in [-0.39, 0.29) is 11.3 Å². The Labute approximate surface area is 195 Å². The van der Waals surface area contributed by atoms with Crippen LogP contribution in [0.15, 0.2) is 41.4 Å². The number of Topliss-reactive ketones (excluding diaryl/α,β-unsaturated/α-hetero) is 1. The van der Waals surface area contributed by atoms with Gasteiger partial charge >= 0.3 is 0 Å². The van der Waals surface area contributed by atoms with Gasteiger partial charge in [0.2, 0.25) is 0 Å². The second-order valence-corrected chi connectivity index (χ2v) is 9.37. The molecule has 5 heterocycles. The van der Waals surface area contributed by atoms with Crippen molar-refractivity contribution in [3.8, 4) is 0 Å². The quantitative estimate of drug-likeness (QED) is 0.354. The number of hydrogen-bond acceptors (Lipinski definition) is 7. The molecule has 1 amide bonds. The number of morpholine rings is 1. The first kappa shape index (κ1) is 21.8. The Balaban J connectivity index is 1.59. The van der Waals surface area contributed by atoms with Crippen molar-refractivity contribution in [1.82, 2.24) is 19.2 Å². The Kier molecular flexibility index (Phi) is 5.77. The lowest BCUT2D eigenvalue weighted by Gasteiger charge is -2.30. The molecule has 3 aromatic rings. The van der Waals surface area contributed by atoms with Gasteiger partial charge in [0.05, 0.1) is 30.5 Å². The van der Waals surface area contributed by atoms with Gasteiger partial charge in [0, 0.05) is 37.3 Å². The molecule has 0 aromatic carbocycles. The molecular weight excluding hydrogens is 440 g/mol. The summed E-state index contributed by atoms with van der Waals surface area (Å²) in [6, 6.07) is 6.99. The SMILES string of the molecule is Cc1nc2c(C)cccn2c1C(O)=C1C(=O)C(=O)N(CCN2CCOCC2)[C@H]1c1cccs1. The van der Waals surface area contributed by atoms with Crippen LogP contribution >= 0.6 is 11.3 Å². The van der Waals surface area contributed by atoms with E-state index in [1.807, 2.05) is 42.8 Å². The fourth-order valence-corrected chi connectivity index (χ4v) is 5.50. The third-order valence-corrected chi connectivity index (χ3v) is 7.28. The average molecular weight is 467 g/mol. The number of aryl methyl sites for hydroxylation is 2. The number of pyridine rings is 1. The number of aromatic nitrogens is 2. The molecule has 8 nitrogen and oxygen atoms in total. The number of aliphatic hydroxyl groups is 1. The predicted octanol–water partition coefficient (Wildman–Crippen LogP) is 2.77. The maximum Gasteiger partial charge on any atom is 0.295 e. The smallest absolute Gasteiger partial charge is 0.295 e. The molecule has 0 aliphatic carbocycles. The minimum Gasteiger partial charge on any atom is -0.505 e. The van der Waals surface area contributed by atoms with Crippen molar-refractivity contribution in [1.29, 1.82) is 0 Å². The fraction of sp³-hybridized carbons (Fsp3) is 0.375. The number of rotatable bonds is 5. The summed E-state index contributed by atoms with van der Waals surface area (Å²) in [6.07, 6.45) is 1.81. The van der Waals surface area contributed by atoms with Crippen molar-refractivity contribution < 1.29 is 19.4 Å². The van der Waals surface area contributed by atoms with Gasteiger partial charge in [0.1, 0.15) is 11.3 Å². The number of likely N-dealkylation sites (tertiary alicyclic amines) is 1. The zero-order chi connectivity index (χ0) is 23.1. The van der Waals surface area contributed by atoms with Gasteiger partial charge in [-0.3, -0.25) is 18.9 Å². The first-order valence-electron chi connectivity index (χ1n) is 11.0. The van der Waals surface area contributed by atoms with E-state index >= 15 is 0 Å². The van der Waals surface area contributed by atoms with Gasteiger partial charge in [-0.05, 0) is 36.9 Å². The summed E-state index contributed by atoms with van der Waals surface area (Å²) in [5.41, 5.74) is 2.84. The molecule has 3 aromatic heterocycles. The molecule has 9 heteroatoms. The number of ketones is 1. The highest BCUT2D eigenvalue weighted by Gasteiger charge is 2.47. The van der Waals surface area contributed by atoms with Crippen LogP contribution in [0.2, 0.25) is 0 Å². The van der Waals surface area contributed by atoms with Crippen molar-refractivity contribution in [3.63, 3.8) is 0 Å². The van der Waals surface area contributed by atoms with E-state index in [2.05, 4.69) is 9.88 Å². The van der Waals surface area contributed by atoms with Gasteiger partial charge in [-0.2, -0.15) is 0 Å². The summed E-state index contributed by atoms with van der Waals surface area (Å²) >= 11 is 1.47. The number of aliphatic hydroxyl groups excluding tert-OH is 1. The van der Waals surface area contributed by atoms with Gasteiger partial charge < -0.3 is 14.7 Å². The van der Waals surface area contributed by atoms with Crippen LogP contribution in [0.1, 0.15) is 27.9 Å². The number of carbonyl (C=O) groups is 2. The summed E-state index contributed by atoms with van der Waals surface area (Å²) in [4.78, 5) is 35.7. The molecule has 1 N–H and O–H groups in total. The van der Waals surface area contributed by atoms with Gasteiger partial charge in [-0.25, -0.2) is 4.98 Å². The van der Waals surface area contributed by atoms with E-state index in [0.717, 1.165) is 23.5 Å². The average Bonchev–Trinajstić information content (AvgIpc) is 3.51.